The zero-order chi connectivity index (χ0) is 31.1. The van der Waals surface area contributed by atoms with Gasteiger partial charge in [-0.1, -0.05) is 55.8 Å². The van der Waals surface area contributed by atoms with E-state index in [4.69, 9.17) is 19.2 Å². The fourth-order valence-corrected chi connectivity index (χ4v) is 5.25. The van der Waals surface area contributed by atoms with E-state index >= 15 is 0 Å². The molecule has 1 aliphatic heterocycles. The average molecular weight is 599 g/mol. The molecule has 5 rings (SSSR count). The lowest BCUT2D eigenvalue weighted by atomic mass is 10.0. The van der Waals surface area contributed by atoms with Crippen LogP contribution < -0.4 is 15.4 Å². The van der Waals surface area contributed by atoms with Gasteiger partial charge in [-0.3, -0.25) is 0 Å². The van der Waals surface area contributed by atoms with Gasteiger partial charge in [0.1, 0.15) is 23.4 Å². The van der Waals surface area contributed by atoms with Gasteiger partial charge in [-0.15, -0.1) is 0 Å². The van der Waals surface area contributed by atoms with E-state index in [2.05, 4.69) is 34.3 Å². The largest absolute Gasteiger partial charge is 0.514 e. The minimum absolute atomic E-state index is 0.252. The van der Waals surface area contributed by atoms with Crippen molar-refractivity contribution in [2.24, 2.45) is 0 Å². The Hall–Kier alpha value is -4.37. The first-order chi connectivity index (χ1) is 21.2. The van der Waals surface area contributed by atoms with E-state index in [1.807, 2.05) is 48.5 Å². The number of hydrogen-bond donors (Lipinski definition) is 2. The minimum Gasteiger partial charge on any atom is -0.428 e. The second-order valence-electron chi connectivity index (χ2n) is 12.1. The highest BCUT2D eigenvalue weighted by atomic mass is 16.7. The van der Waals surface area contributed by atoms with Crippen molar-refractivity contribution in [3.05, 3.63) is 78.1 Å². The maximum Gasteiger partial charge on any atom is 0.514 e. The number of aryl methyl sites for hydroxylation is 1. The van der Waals surface area contributed by atoms with Crippen LogP contribution in [-0.2, 0) is 22.4 Å². The topological polar surface area (TPSA) is 104 Å². The van der Waals surface area contributed by atoms with Crippen molar-refractivity contribution in [3.8, 4) is 16.9 Å². The number of benzene rings is 3. The highest BCUT2D eigenvalue weighted by molar-refractivity contribution is 5.92. The van der Waals surface area contributed by atoms with Crippen molar-refractivity contribution in [2.75, 3.05) is 11.9 Å². The highest BCUT2D eigenvalue weighted by Crippen LogP contribution is 2.31. The average Bonchev–Trinajstić information content (AvgIpc) is 3.32. The number of urea groups is 1. The zero-order valence-corrected chi connectivity index (χ0v) is 26.0. The van der Waals surface area contributed by atoms with E-state index in [0.717, 1.165) is 72.1 Å². The number of nitrogens with one attached hydrogen (secondary N) is 2. The van der Waals surface area contributed by atoms with Gasteiger partial charge >= 0.3 is 12.2 Å². The summed E-state index contributed by atoms with van der Waals surface area (Å²) in [7, 11) is 0. The van der Waals surface area contributed by atoms with Crippen LogP contribution in [0, 0.1) is 0 Å². The lowest BCUT2D eigenvalue weighted by Gasteiger charge is -2.23. The van der Waals surface area contributed by atoms with Crippen molar-refractivity contribution in [2.45, 2.75) is 84.6 Å². The maximum atomic E-state index is 12.7. The number of ether oxygens (including phenoxy) is 3. The molecule has 4 aromatic rings. The predicted molar refractivity (Wildman–Crippen MR) is 172 cm³/mol. The van der Waals surface area contributed by atoms with E-state index < -0.39 is 11.8 Å². The summed E-state index contributed by atoms with van der Waals surface area (Å²) >= 11 is 0. The van der Waals surface area contributed by atoms with Gasteiger partial charge in [0, 0.05) is 30.8 Å². The number of amides is 2. The van der Waals surface area contributed by atoms with Crippen LogP contribution in [0.3, 0.4) is 0 Å². The third-order valence-corrected chi connectivity index (χ3v) is 7.39. The Morgan fingerprint density at radius 2 is 1.84 bits per heavy atom. The van der Waals surface area contributed by atoms with Gasteiger partial charge in [-0.2, -0.15) is 0 Å². The summed E-state index contributed by atoms with van der Waals surface area (Å²) in [5, 5.41) is 5.88. The summed E-state index contributed by atoms with van der Waals surface area (Å²) in [5.74, 6) is 1.45. The highest BCUT2D eigenvalue weighted by Gasteiger charge is 2.20. The summed E-state index contributed by atoms with van der Waals surface area (Å²) < 4.78 is 18.8. The standard InChI is InChI=1S/C35H42N4O5/c1-5-6-13-31-37-28-20-19-26(36-33(40)38-32-14-9-10-21-42-32)22-29(28)39(31)23-24-15-17-25(18-16-24)27-11-7-8-12-30(27)43-34(41)44-35(2,3)4/h7-8,11-12,15-20,22,32H,5-6,9-10,13-14,21,23H2,1-4H3,(H2,36,38,40). The first kappa shape index (κ1) is 31.1. The predicted octanol–water partition coefficient (Wildman–Crippen LogP) is 8.06. The van der Waals surface area contributed by atoms with Crippen LogP contribution in [0.25, 0.3) is 22.2 Å². The van der Waals surface area contributed by atoms with E-state index in [1.54, 1.807) is 26.8 Å². The fourth-order valence-electron chi connectivity index (χ4n) is 5.25. The fraction of sp³-hybridized carbons (Fsp3) is 0.400. The smallest absolute Gasteiger partial charge is 0.428 e. The number of hydrogen-bond acceptors (Lipinski definition) is 6. The Balaban J connectivity index is 1.35. The molecule has 44 heavy (non-hydrogen) atoms. The Morgan fingerprint density at radius 3 is 2.57 bits per heavy atom. The third kappa shape index (κ3) is 8.17. The molecule has 9 heteroatoms. The molecule has 2 heterocycles. The number of nitrogens with zero attached hydrogens (tertiary/aromatic N) is 2. The number of anilines is 1. The van der Waals surface area contributed by atoms with Crippen molar-refractivity contribution >= 4 is 28.9 Å². The number of para-hydroxylation sites is 1. The van der Waals surface area contributed by atoms with Gasteiger partial charge in [0.2, 0.25) is 0 Å². The summed E-state index contributed by atoms with van der Waals surface area (Å²) in [6, 6.07) is 21.2. The van der Waals surface area contributed by atoms with E-state index in [9.17, 15) is 9.59 Å². The summed E-state index contributed by atoms with van der Waals surface area (Å²) in [4.78, 5) is 30.0. The van der Waals surface area contributed by atoms with Crippen LogP contribution in [0.1, 0.15) is 71.2 Å². The molecule has 9 nitrogen and oxygen atoms in total. The molecule has 1 aromatic heterocycles. The number of carbonyl (C=O) groups is 2. The van der Waals surface area contributed by atoms with Gasteiger partial charge in [-0.25, -0.2) is 14.6 Å². The molecule has 2 N–H and O–H groups in total. The number of aromatic nitrogens is 2. The first-order valence-electron chi connectivity index (χ1n) is 15.5. The van der Waals surface area contributed by atoms with Gasteiger partial charge in [0.25, 0.3) is 0 Å². The molecule has 1 atom stereocenters. The van der Waals surface area contributed by atoms with Crippen LogP contribution in [0.15, 0.2) is 66.7 Å². The lowest BCUT2D eigenvalue weighted by Crippen LogP contribution is -2.41. The van der Waals surface area contributed by atoms with Gasteiger partial charge in [0.15, 0.2) is 0 Å². The van der Waals surface area contributed by atoms with Gasteiger partial charge < -0.3 is 29.4 Å². The van der Waals surface area contributed by atoms with Crippen LogP contribution in [0.4, 0.5) is 15.3 Å². The molecule has 1 aliphatic rings. The molecule has 0 bridgehead atoms. The van der Waals surface area contributed by atoms with Crippen LogP contribution in [0.2, 0.25) is 0 Å². The molecular formula is C35H42N4O5. The van der Waals surface area contributed by atoms with Crippen molar-refractivity contribution < 1.29 is 23.8 Å². The number of imidazole rings is 1. The molecule has 1 saturated heterocycles. The van der Waals surface area contributed by atoms with Crippen LogP contribution in [0.5, 0.6) is 5.75 Å². The molecule has 1 fully saturated rings. The summed E-state index contributed by atoms with van der Waals surface area (Å²) in [5.41, 5.74) is 4.73. The van der Waals surface area contributed by atoms with Crippen LogP contribution >= 0.6 is 0 Å². The van der Waals surface area contributed by atoms with Gasteiger partial charge in [-0.05, 0) is 81.8 Å². The number of rotatable bonds is 9. The summed E-state index contributed by atoms with van der Waals surface area (Å²) in [6.45, 7) is 8.88. The third-order valence-electron chi connectivity index (χ3n) is 7.39. The lowest BCUT2D eigenvalue weighted by molar-refractivity contribution is 0.00341. The first-order valence-corrected chi connectivity index (χ1v) is 15.5. The SMILES string of the molecule is CCCCc1nc2ccc(NC(=O)NC3CCCCO3)cc2n1Cc1ccc(-c2ccccc2OC(=O)OC(C)(C)C)cc1. The summed E-state index contributed by atoms with van der Waals surface area (Å²) in [6.07, 6.45) is 4.87. The van der Waals surface area contributed by atoms with Crippen molar-refractivity contribution in [1.29, 1.82) is 0 Å². The quantitative estimate of drug-likeness (QED) is 0.149. The Morgan fingerprint density at radius 1 is 1.05 bits per heavy atom. The maximum absolute atomic E-state index is 12.7. The zero-order valence-electron chi connectivity index (χ0n) is 26.0. The van der Waals surface area contributed by atoms with E-state index in [0.29, 0.717) is 24.6 Å². The molecule has 1 unspecified atom stereocenters. The van der Waals surface area contributed by atoms with E-state index in [1.165, 1.54) is 0 Å². The molecule has 0 radical (unpaired) electrons. The molecule has 2 amide bonds. The molecular weight excluding hydrogens is 556 g/mol. The van der Waals surface area contributed by atoms with Gasteiger partial charge in [0.05, 0.1) is 11.0 Å². The second-order valence-corrected chi connectivity index (χ2v) is 12.1. The molecule has 3 aromatic carbocycles. The number of fused-ring (bicyclic) bond motifs is 1. The number of unbranched alkanes of at least 4 members (excludes halogenated alkanes) is 1. The van der Waals surface area contributed by atoms with Crippen molar-refractivity contribution in [1.82, 2.24) is 14.9 Å². The van der Waals surface area contributed by atoms with Crippen LogP contribution in [-0.4, -0.2) is 40.2 Å². The molecule has 0 saturated carbocycles. The monoisotopic (exact) mass is 598 g/mol. The normalized spacial score (nSPS) is 15.1. The second kappa shape index (κ2) is 13.9. The molecule has 232 valence electrons. The minimum atomic E-state index is -0.734. The Labute approximate surface area is 258 Å². The Kier molecular flexibility index (Phi) is 9.85. The number of carbonyl (C=O) groups excluding carboxylic acids is 2. The van der Waals surface area contributed by atoms with E-state index in [-0.39, 0.29) is 12.3 Å². The van der Waals surface area contributed by atoms with Crippen molar-refractivity contribution in [3.63, 3.8) is 0 Å². The molecule has 0 spiro atoms. The molecule has 0 aliphatic carbocycles. The Bertz CT molecular complexity index is 1580.